The summed E-state index contributed by atoms with van der Waals surface area (Å²) in [5, 5.41) is 23.2. The highest BCUT2D eigenvalue weighted by Gasteiger charge is 2.22. The molecule has 0 amide bonds. The second kappa shape index (κ2) is 15.1. The number of hydrogen-bond donors (Lipinski definition) is 3. The molecule has 1 atom stereocenters. The van der Waals surface area contributed by atoms with Gasteiger partial charge in [-0.05, 0) is 87.1 Å². The highest BCUT2D eigenvalue weighted by molar-refractivity contribution is 6.31. The SMILES string of the molecule is CC(C)(Cc1ccc2c(c1)CCO2)NC[C@@H](O)COc1cccc(Cl)c1C#N.CC(C)(N)Cc1ccc2c(c1)CCO2.Cl. The van der Waals surface area contributed by atoms with Crippen LogP contribution in [0.2, 0.25) is 5.02 Å². The zero-order valence-electron chi connectivity index (χ0n) is 25.4. The number of rotatable bonds is 10. The summed E-state index contributed by atoms with van der Waals surface area (Å²) in [7, 11) is 0. The molecule has 4 N–H and O–H groups in total. The molecule has 0 spiro atoms. The van der Waals surface area contributed by atoms with Crippen molar-refractivity contribution in [1.82, 2.24) is 5.32 Å². The lowest BCUT2D eigenvalue weighted by molar-refractivity contribution is 0.0987. The zero-order valence-corrected chi connectivity index (χ0v) is 27.0. The summed E-state index contributed by atoms with van der Waals surface area (Å²) >= 11 is 5.99. The van der Waals surface area contributed by atoms with Gasteiger partial charge in [-0.25, -0.2) is 0 Å². The Hall–Kier alpha value is -2.99. The Morgan fingerprint density at radius 3 is 2.12 bits per heavy atom. The first-order valence-corrected chi connectivity index (χ1v) is 14.8. The number of ether oxygens (including phenoxy) is 3. The minimum absolute atomic E-state index is 0. The molecule has 232 valence electrons. The van der Waals surface area contributed by atoms with Gasteiger partial charge in [0.25, 0.3) is 0 Å². The molecule has 0 saturated carbocycles. The molecule has 0 saturated heterocycles. The van der Waals surface area contributed by atoms with E-state index < -0.39 is 6.10 Å². The first kappa shape index (κ1) is 34.5. The molecule has 0 aromatic heterocycles. The van der Waals surface area contributed by atoms with Crippen LogP contribution in [0.1, 0.15) is 55.5 Å². The van der Waals surface area contributed by atoms with E-state index in [1.165, 1.54) is 22.3 Å². The van der Waals surface area contributed by atoms with E-state index >= 15 is 0 Å². The van der Waals surface area contributed by atoms with Crippen LogP contribution in [-0.4, -0.2) is 48.7 Å². The fourth-order valence-corrected chi connectivity index (χ4v) is 5.38. The molecule has 9 heteroatoms. The number of nitriles is 1. The third kappa shape index (κ3) is 10.3. The van der Waals surface area contributed by atoms with Crippen molar-refractivity contribution in [1.29, 1.82) is 5.26 Å². The first-order valence-electron chi connectivity index (χ1n) is 14.4. The largest absolute Gasteiger partial charge is 0.493 e. The summed E-state index contributed by atoms with van der Waals surface area (Å²) < 4.78 is 16.6. The number of β-amino-alcohol motifs (C(OH)–C–C–N with tert-alkyl or cyclic N) is 1. The third-order valence-electron chi connectivity index (χ3n) is 7.15. The molecule has 3 aromatic rings. The zero-order chi connectivity index (χ0) is 30.3. The Labute approximate surface area is 266 Å². The molecular formula is C34H43Cl2N3O4. The maximum absolute atomic E-state index is 10.3. The predicted molar refractivity (Wildman–Crippen MR) is 174 cm³/mol. The van der Waals surface area contributed by atoms with Gasteiger partial charge in [0.05, 0.1) is 18.2 Å². The highest BCUT2D eigenvalue weighted by atomic mass is 35.5. The van der Waals surface area contributed by atoms with Crippen molar-refractivity contribution in [3.8, 4) is 23.3 Å². The summed E-state index contributed by atoms with van der Waals surface area (Å²) in [5.41, 5.74) is 11.1. The van der Waals surface area contributed by atoms with E-state index in [0.29, 0.717) is 17.3 Å². The molecule has 3 aromatic carbocycles. The molecule has 7 nitrogen and oxygen atoms in total. The van der Waals surface area contributed by atoms with Crippen LogP contribution >= 0.6 is 24.0 Å². The Bertz CT molecular complexity index is 1420. The molecule has 2 aliphatic heterocycles. The maximum Gasteiger partial charge on any atom is 0.138 e. The number of aliphatic hydroxyl groups excluding tert-OH is 1. The Morgan fingerprint density at radius 2 is 1.56 bits per heavy atom. The number of halogens is 2. The van der Waals surface area contributed by atoms with E-state index in [0.717, 1.165) is 50.4 Å². The van der Waals surface area contributed by atoms with Crippen LogP contribution in [0.5, 0.6) is 17.2 Å². The number of aliphatic hydroxyl groups is 1. The molecule has 5 rings (SSSR count). The fraction of sp³-hybridized carbons (Fsp3) is 0.441. The van der Waals surface area contributed by atoms with Crippen LogP contribution < -0.4 is 25.3 Å². The van der Waals surface area contributed by atoms with Crippen LogP contribution in [0.25, 0.3) is 0 Å². The quantitative estimate of drug-likeness (QED) is 0.260. The minimum atomic E-state index is -0.710. The molecule has 43 heavy (non-hydrogen) atoms. The number of hydrogen-bond acceptors (Lipinski definition) is 7. The molecule has 2 aliphatic rings. The summed E-state index contributed by atoms with van der Waals surface area (Å²) in [6.07, 6.45) is 3.04. The normalized spacial score (nSPS) is 14.1. The Balaban J connectivity index is 0.000000283. The van der Waals surface area contributed by atoms with Gasteiger partial charge in [0.2, 0.25) is 0 Å². The van der Waals surface area contributed by atoms with Gasteiger partial charge >= 0.3 is 0 Å². The fourth-order valence-electron chi connectivity index (χ4n) is 5.17. The van der Waals surface area contributed by atoms with E-state index in [1.54, 1.807) is 18.2 Å². The van der Waals surface area contributed by atoms with Gasteiger partial charge in [0.1, 0.15) is 41.6 Å². The van der Waals surface area contributed by atoms with Crippen molar-refractivity contribution >= 4 is 24.0 Å². The van der Waals surface area contributed by atoms with Crippen molar-refractivity contribution < 1.29 is 19.3 Å². The molecule has 0 bridgehead atoms. The molecule has 0 radical (unpaired) electrons. The van der Waals surface area contributed by atoms with Gasteiger partial charge in [-0.1, -0.05) is 41.9 Å². The van der Waals surface area contributed by atoms with E-state index in [9.17, 15) is 10.4 Å². The van der Waals surface area contributed by atoms with Gasteiger partial charge in [0.15, 0.2) is 0 Å². The van der Waals surface area contributed by atoms with Crippen LogP contribution in [0.3, 0.4) is 0 Å². The van der Waals surface area contributed by atoms with Crippen molar-refractivity contribution in [2.24, 2.45) is 5.73 Å². The standard InChI is InChI=1S/C22H25ClN2O3.C12H17NO.ClH/c1-22(2,11-15-6-7-20-16(10-15)8-9-27-20)25-13-17(26)14-28-21-5-3-4-19(23)18(21)12-24;1-12(2,13)8-9-3-4-11-10(7-9)5-6-14-11;/h3-7,10,17,25-26H,8-9,11,13-14H2,1-2H3;3-4,7H,5-6,8,13H2,1-2H3;1H/t17-;;/m1../s1. The minimum Gasteiger partial charge on any atom is -0.493 e. The Kier molecular flexibility index (Phi) is 12.1. The average molecular weight is 629 g/mol. The first-order chi connectivity index (χ1) is 19.9. The second-order valence-corrected chi connectivity index (χ2v) is 12.8. The molecule has 0 fully saturated rings. The lowest BCUT2D eigenvalue weighted by Gasteiger charge is -2.28. The number of fused-ring (bicyclic) bond motifs is 2. The van der Waals surface area contributed by atoms with E-state index in [-0.39, 0.29) is 35.7 Å². The maximum atomic E-state index is 10.3. The van der Waals surface area contributed by atoms with Crippen molar-refractivity contribution in [2.45, 2.75) is 70.6 Å². The summed E-state index contributed by atoms with van der Waals surface area (Å²) in [5.74, 6) is 2.41. The monoisotopic (exact) mass is 627 g/mol. The second-order valence-electron chi connectivity index (χ2n) is 12.4. The summed E-state index contributed by atoms with van der Waals surface area (Å²) in [6.45, 7) is 10.4. The topological polar surface area (TPSA) is 110 Å². The van der Waals surface area contributed by atoms with Gasteiger partial charge in [0, 0.05) is 30.5 Å². The summed E-state index contributed by atoms with van der Waals surface area (Å²) in [4.78, 5) is 0. The molecule has 0 aliphatic carbocycles. The van der Waals surface area contributed by atoms with Crippen LogP contribution in [-0.2, 0) is 25.7 Å². The van der Waals surface area contributed by atoms with Gasteiger partial charge in [-0.2, -0.15) is 5.26 Å². The summed E-state index contributed by atoms with van der Waals surface area (Å²) in [6, 6.07) is 19.8. The van der Waals surface area contributed by atoms with E-state index in [2.05, 4.69) is 63.3 Å². The molecule has 2 heterocycles. The van der Waals surface area contributed by atoms with Crippen LogP contribution in [0, 0.1) is 11.3 Å². The van der Waals surface area contributed by atoms with Gasteiger partial charge in [-0.15, -0.1) is 12.4 Å². The lowest BCUT2D eigenvalue weighted by Crippen LogP contribution is -2.46. The third-order valence-corrected chi connectivity index (χ3v) is 7.46. The Morgan fingerprint density at radius 1 is 0.977 bits per heavy atom. The van der Waals surface area contributed by atoms with Crippen molar-refractivity contribution in [3.05, 3.63) is 87.4 Å². The number of benzene rings is 3. The highest BCUT2D eigenvalue weighted by Crippen LogP contribution is 2.29. The smallest absolute Gasteiger partial charge is 0.138 e. The number of nitrogens with zero attached hydrogens (tertiary/aromatic N) is 1. The van der Waals surface area contributed by atoms with Crippen molar-refractivity contribution in [3.63, 3.8) is 0 Å². The molecule has 0 unspecified atom stereocenters. The average Bonchev–Trinajstić information content (AvgIpc) is 3.59. The number of nitrogens with two attached hydrogens (primary N) is 1. The van der Waals surface area contributed by atoms with Gasteiger partial charge in [-0.3, -0.25) is 0 Å². The van der Waals surface area contributed by atoms with E-state index in [1.807, 2.05) is 12.1 Å². The van der Waals surface area contributed by atoms with Gasteiger partial charge < -0.3 is 30.4 Å². The predicted octanol–water partition coefficient (Wildman–Crippen LogP) is 5.82. The lowest BCUT2D eigenvalue weighted by atomic mass is 9.93. The molecular weight excluding hydrogens is 585 g/mol. The van der Waals surface area contributed by atoms with Crippen molar-refractivity contribution in [2.75, 3.05) is 26.4 Å². The number of nitrogens with one attached hydrogen (secondary N) is 1. The van der Waals surface area contributed by atoms with Crippen LogP contribution in [0.4, 0.5) is 0 Å². The van der Waals surface area contributed by atoms with Crippen LogP contribution in [0.15, 0.2) is 54.6 Å². The van der Waals surface area contributed by atoms with E-state index in [4.69, 9.17) is 31.5 Å².